The maximum absolute atomic E-state index is 12.6. The third kappa shape index (κ3) is 2.15. The number of thioether (sulfide) groups is 1. The number of rotatable bonds is 1. The van der Waals surface area contributed by atoms with Gasteiger partial charge in [-0.3, -0.25) is 4.79 Å². The molecule has 3 rings (SSSR count). The third-order valence-corrected chi connectivity index (χ3v) is 4.95. The summed E-state index contributed by atoms with van der Waals surface area (Å²) in [6.45, 7) is 1.60. The Bertz CT molecular complexity index is 463. The summed E-state index contributed by atoms with van der Waals surface area (Å²) < 4.78 is 0. The maximum atomic E-state index is 12.6. The molecule has 96 valence electrons. The summed E-state index contributed by atoms with van der Waals surface area (Å²) in [4.78, 5) is 15.8. The largest absolute Gasteiger partial charge is 0.341 e. The molecule has 0 bridgehead atoms. The summed E-state index contributed by atoms with van der Waals surface area (Å²) in [5, 5.41) is 0. The van der Waals surface area contributed by atoms with Crippen molar-refractivity contribution in [2.75, 3.05) is 18.8 Å². The van der Waals surface area contributed by atoms with Gasteiger partial charge in [-0.05, 0) is 24.5 Å². The summed E-state index contributed by atoms with van der Waals surface area (Å²) in [6.07, 6.45) is 2.08. The summed E-state index contributed by atoms with van der Waals surface area (Å²) >= 11 is 1.79. The van der Waals surface area contributed by atoms with Gasteiger partial charge in [0.15, 0.2) is 0 Å². The first-order chi connectivity index (χ1) is 8.75. The highest BCUT2D eigenvalue weighted by Gasteiger charge is 2.33. The highest BCUT2D eigenvalue weighted by molar-refractivity contribution is 7.99. The number of hydrogen-bond acceptors (Lipinski definition) is 3. The smallest absolute Gasteiger partial charge is 0.231 e. The number of carbonyl (C=O) groups is 1. The molecule has 18 heavy (non-hydrogen) atoms. The van der Waals surface area contributed by atoms with Crippen LogP contribution in [-0.2, 0) is 4.79 Å². The SMILES string of the molecule is N[C@H]1CCCN(C(=O)[C@@H]2CSc3ccccc32)C1. The lowest BCUT2D eigenvalue weighted by atomic mass is 9.98. The summed E-state index contributed by atoms with van der Waals surface area (Å²) in [5.41, 5.74) is 7.16. The first kappa shape index (κ1) is 12.1. The minimum Gasteiger partial charge on any atom is -0.341 e. The number of amides is 1. The van der Waals surface area contributed by atoms with Crippen molar-refractivity contribution >= 4 is 17.7 Å². The van der Waals surface area contributed by atoms with Crippen LogP contribution in [0.1, 0.15) is 24.3 Å². The van der Waals surface area contributed by atoms with Crippen LogP contribution in [-0.4, -0.2) is 35.7 Å². The molecule has 1 aromatic carbocycles. The molecule has 2 atom stereocenters. The molecule has 2 heterocycles. The predicted molar refractivity (Wildman–Crippen MR) is 73.7 cm³/mol. The Balaban J connectivity index is 1.78. The maximum Gasteiger partial charge on any atom is 0.231 e. The topological polar surface area (TPSA) is 46.3 Å². The molecule has 0 spiro atoms. The second kappa shape index (κ2) is 4.94. The average molecular weight is 262 g/mol. The number of hydrogen-bond donors (Lipinski definition) is 1. The molecule has 3 nitrogen and oxygen atoms in total. The van der Waals surface area contributed by atoms with Crippen molar-refractivity contribution in [2.45, 2.75) is 29.7 Å². The molecule has 2 aliphatic heterocycles. The van der Waals surface area contributed by atoms with Gasteiger partial charge in [0.25, 0.3) is 0 Å². The van der Waals surface area contributed by atoms with Gasteiger partial charge >= 0.3 is 0 Å². The normalized spacial score (nSPS) is 27.1. The summed E-state index contributed by atoms with van der Waals surface area (Å²) in [5.74, 6) is 1.18. The van der Waals surface area contributed by atoms with E-state index >= 15 is 0 Å². The van der Waals surface area contributed by atoms with E-state index in [1.165, 1.54) is 10.5 Å². The van der Waals surface area contributed by atoms with E-state index in [-0.39, 0.29) is 17.9 Å². The van der Waals surface area contributed by atoms with Crippen molar-refractivity contribution in [2.24, 2.45) is 5.73 Å². The molecule has 0 saturated carbocycles. The van der Waals surface area contributed by atoms with Gasteiger partial charge in [0, 0.05) is 29.8 Å². The van der Waals surface area contributed by atoms with Crippen LogP contribution in [0.15, 0.2) is 29.2 Å². The van der Waals surface area contributed by atoms with Gasteiger partial charge in [-0.1, -0.05) is 18.2 Å². The van der Waals surface area contributed by atoms with E-state index in [9.17, 15) is 4.79 Å². The molecule has 4 heteroatoms. The van der Waals surface area contributed by atoms with Gasteiger partial charge in [-0.25, -0.2) is 0 Å². The highest BCUT2D eigenvalue weighted by atomic mass is 32.2. The Morgan fingerprint density at radius 3 is 3.06 bits per heavy atom. The quantitative estimate of drug-likeness (QED) is 0.840. The van der Waals surface area contributed by atoms with Gasteiger partial charge in [0.2, 0.25) is 5.91 Å². The van der Waals surface area contributed by atoms with Gasteiger partial charge in [0.1, 0.15) is 0 Å². The van der Waals surface area contributed by atoms with Crippen LogP contribution in [0.5, 0.6) is 0 Å². The summed E-state index contributed by atoms with van der Waals surface area (Å²) in [7, 11) is 0. The van der Waals surface area contributed by atoms with Crippen molar-refractivity contribution in [3.8, 4) is 0 Å². The fraction of sp³-hybridized carbons (Fsp3) is 0.500. The van der Waals surface area contributed by atoms with E-state index in [1.807, 2.05) is 17.0 Å². The molecule has 0 aliphatic carbocycles. The number of carbonyl (C=O) groups excluding carboxylic acids is 1. The standard InChI is InChI=1S/C14H18N2OS/c15-10-4-3-7-16(8-10)14(17)12-9-18-13-6-2-1-5-11(12)13/h1-2,5-6,10,12H,3-4,7-9,15H2/t10-,12+/m0/s1. The van der Waals surface area contributed by atoms with Gasteiger partial charge in [-0.2, -0.15) is 0 Å². The number of benzene rings is 1. The lowest BCUT2D eigenvalue weighted by molar-refractivity contribution is -0.133. The van der Waals surface area contributed by atoms with E-state index in [1.54, 1.807) is 11.8 Å². The molecule has 0 radical (unpaired) electrons. The van der Waals surface area contributed by atoms with E-state index in [2.05, 4.69) is 12.1 Å². The molecule has 1 fully saturated rings. The van der Waals surface area contributed by atoms with E-state index < -0.39 is 0 Å². The van der Waals surface area contributed by atoms with Gasteiger partial charge < -0.3 is 10.6 Å². The van der Waals surface area contributed by atoms with Gasteiger partial charge in [0.05, 0.1) is 5.92 Å². The Morgan fingerprint density at radius 1 is 1.39 bits per heavy atom. The number of nitrogens with zero attached hydrogens (tertiary/aromatic N) is 1. The van der Waals surface area contributed by atoms with E-state index in [0.29, 0.717) is 0 Å². The monoisotopic (exact) mass is 262 g/mol. The van der Waals surface area contributed by atoms with Crippen molar-refractivity contribution < 1.29 is 4.79 Å². The van der Waals surface area contributed by atoms with Crippen LogP contribution < -0.4 is 5.73 Å². The number of nitrogens with two attached hydrogens (primary N) is 1. The van der Waals surface area contributed by atoms with Gasteiger partial charge in [-0.15, -0.1) is 11.8 Å². The zero-order valence-corrected chi connectivity index (χ0v) is 11.2. The fourth-order valence-corrected chi connectivity index (χ4v) is 4.02. The minimum atomic E-state index is 0.0384. The highest BCUT2D eigenvalue weighted by Crippen LogP contribution is 2.40. The minimum absolute atomic E-state index is 0.0384. The number of fused-ring (bicyclic) bond motifs is 1. The van der Waals surface area contributed by atoms with E-state index in [0.717, 1.165) is 31.7 Å². The Labute approximate surface area is 112 Å². The second-order valence-electron chi connectivity index (χ2n) is 5.09. The Kier molecular flexibility index (Phi) is 3.31. The van der Waals surface area contributed by atoms with Crippen LogP contribution >= 0.6 is 11.8 Å². The first-order valence-corrected chi connectivity index (χ1v) is 7.50. The number of likely N-dealkylation sites (tertiary alicyclic amines) is 1. The van der Waals surface area contributed by atoms with Crippen molar-refractivity contribution in [1.29, 1.82) is 0 Å². The molecule has 2 aliphatic rings. The molecule has 1 aromatic rings. The lowest BCUT2D eigenvalue weighted by Gasteiger charge is -2.32. The second-order valence-corrected chi connectivity index (χ2v) is 6.15. The van der Waals surface area contributed by atoms with Crippen molar-refractivity contribution in [3.05, 3.63) is 29.8 Å². The summed E-state index contributed by atoms with van der Waals surface area (Å²) in [6, 6.07) is 8.41. The van der Waals surface area contributed by atoms with Crippen LogP contribution in [0.25, 0.3) is 0 Å². The van der Waals surface area contributed by atoms with Crippen molar-refractivity contribution in [3.63, 3.8) is 0 Å². The first-order valence-electron chi connectivity index (χ1n) is 6.52. The predicted octanol–water partition coefficient (Wildman–Crippen LogP) is 1.83. The average Bonchev–Trinajstić information content (AvgIpc) is 2.82. The van der Waals surface area contributed by atoms with Crippen LogP contribution in [0.3, 0.4) is 0 Å². The van der Waals surface area contributed by atoms with Crippen LogP contribution in [0, 0.1) is 0 Å². The zero-order chi connectivity index (χ0) is 12.5. The third-order valence-electron chi connectivity index (χ3n) is 3.77. The molecule has 1 amide bonds. The number of piperidine rings is 1. The fourth-order valence-electron chi connectivity index (χ4n) is 2.80. The molecule has 0 aromatic heterocycles. The molecular formula is C14H18N2OS. The Morgan fingerprint density at radius 2 is 2.22 bits per heavy atom. The lowest BCUT2D eigenvalue weighted by Crippen LogP contribution is -2.47. The van der Waals surface area contributed by atoms with Crippen LogP contribution in [0.4, 0.5) is 0 Å². The van der Waals surface area contributed by atoms with Crippen LogP contribution in [0.2, 0.25) is 0 Å². The Hall–Kier alpha value is -1.00. The molecule has 0 unspecified atom stereocenters. The zero-order valence-electron chi connectivity index (χ0n) is 10.3. The molecular weight excluding hydrogens is 244 g/mol. The van der Waals surface area contributed by atoms with Crippen molar-refractivity contribution in [1.82, 2.24) is 4.90 Å². The van der Waals surface area contributed by atoms with E-state index in [4.69, 9.17) is 5.73 Å². The molecule has 1 saturated heterocycles. The molecule has 2 N–H and O–H groups in total.